The molecule has 162 valence electrons. The number of amides is 2. The number of imide groups is 1. The Hall–Kier alpha value is -3.29. The normalized spacial score (nSPS) is 11.5. The average Bonchev–Trinajstić information content (AvgIpc) is 2.59. The van der Waals surface area contributed by atoms with E-state index in [1.54, 1.807) is 59.9 Å². The molecule has 0 aliphatic heterocycles. The highest BCUT2D eigenvalue weighted by Gasteiger charge is 2.31. The van der Waals surface area contributed by atoms with Crippen molar-refractivity contribution in [3.8, 4) is 0 Å². The van der Waals surface area contributed by atoms with Crippen LogP contribution in [-0.4, -0.2) is 33.3 Å². The summed E-state index contributed by atoms with van der Waals surface area (Å²) in [6.45, 7) is 10.4. The van der Waals surface area contributed by atoms with Crippen molar-refractivity contribution < 1.29 is 19.1 Å². The van der Waals surface area contributed by atoms with E-state index >= 15 is 0 Å². The lowest BCUT2D eigenvalue weighted by atomic mass is 10.2. The van der Waals surface area contributed by atoms with Gasteiger partial charge in [-0.1, -0.05) is 12.1 Å². The molecule has 2 amide bonds. The molecule has 0 saturated carbocycles. The summed E-state index contributed by atoms with van der Waals surface area (Å²) in [5.74, 6) is 0.623. The Kier molecular flexibility index (Phi) is 6.92. The zero-order chi connectivity index (χ0) is 22.5. The van der Waals surface area contributed by atoms with Crippen molar-refractivity contribution >= 4 is 29.4 Å². The average molecular weight is 415 g/mol. The fourth-order valence-electron chi connectivity index (χ4n) is 2.39. The molecule has 2 aromatic rings. The second-order valence-electron chi connectivity index (χ2n) is 8.85. The number of pyridine rings is 1. The van der Waals surface area contributed by atoms with Gasteiger partial charge in [-0.05, 0) is 71.4 Å². The van der Waals surface area contributed by atoms with Crippen molar-refractivity contribution in [2.45, 2.75) is 59.3 Å². The van der Waals surface area contributed by atoms with Gasteiger partial charge in [-0.3, -0.25) is 0 Å². The van der Waals surface area contributed by atoms with E-state index < -0.39 is 23.4 Å². The first-order valence-electron chi connectivity index (χ1n) is 9.63. The van der Waals surface area contributed by atoms with Crippen LogP contribution in [0.5, 0.6) is 0 Å². The number of anilines is 3. The maximum absolute atomic E-state index is 12.7. The number of ether oxygens (including phenoxy) is 2. The van der Waals surface area contributed by atoms with Crippen LogP contribution in [0.25, 0.3) is 0 Å². The monoisotopic (exact) mass is 414 g/mol. The van der Waals surface area contributed by atoms with E-state index in [9.17, 15) is 9.59 Å². The van der Waals surface area contributed by atoms with Crippen molar-refractivity contribution in [3.63, 3.8) is 0 Å². The number of benzene rings is 1. The Morgan fingerprint density at radius 3 is 2.10 bits per heavy atom. The predicted octanol–water partition coefficient (Wildman–Crippen LogP) is 5.08. The van der Waals surface area contributed by atoms with Crippen LogP contribution in [0.1, 0.15) is 47.1 Å². The van der Waals surface area contributed by atoms with Gasteiger partial charge in [0, 0.05) is 5.69 Å². The van der Waals surface area contributed by atoms with Crippen LogP contribution in [0.2, 0.25) is 0 Å². The second-order valence-corrected chi connectivity index (χ2v) is 8.85. The fourth-order valence-corrected chi connectivity index (χ4v) is 2.39. The molecule has 1 aromatic carbocycles. The van der Waals surface area contributed by atoms with Gasteiger partial charge in [0.15, 0.2) is 0 Å². The van der Waals surface area contributed by atoms with Gasteiger partial charge in [-0.25, -0.2) is 19.5 Å². The molecule has 30 heavy (non-hydrogen) atoms. The largest absolute Gasteiger partial charge is 0.443 e. The zero-order valence-corrected chi connectivity index (χ0v) is 18.4. The Balaban J connectivity index is 2.22. The Labute approximate surface area is 177 Å². The molecule has 0 bridgehead atoms. The molecule has 0 aliphatic carbocycles. The van der Waals surface area contributed by atoms with E-state index in [1.165, 1.54) is 0 Å². The number of nitrogens with two attached hydrogens (primary N) is 1. The van der Waals surface area contributed by atoms with Gasteiger partial charge >= 0.3 is 12.2 Å². The Morgan fingerprint density at radius 2 is 1.60 bits per heavy atom. The number of nitrogens with one attached hydrogen (secondary N) is 1. The molecule has 0 radical (unpaired) electrons. The number of aromatic nitrogens is 1. The number of carbonyl (C=O) groups excluding carboxylic acids is 2. The highest BCUT2D eigenvalue weighted by atomic mass is 16.6. The summed E-state index contributed by atoms with van der Waals surface area (Å²) in [6, 6.07) is 10.8. The minimum atomic E-state index is -0.768. The van der Waals surface area contributed by atoms with Crippen molar-refractivity contribution in [2.75, 3.05) is 11.1 Å². The maximum Gasteiger partial charge on any atom is 0.420 e. The fraction of sp³-hybridized carbons (Fsp3) is 0.409. The maximum atomic E-state index is 12.7. The van der Waals surface area contributed by atoms with Crippen LogP contribution in [0, 0.1) is 0 Å². The number of nitrogen functional groups attached to an aromatic ring is 1. The first-order chi connectivity index (χ1) is 13.8. The quantitative estimate of drug-likeness (QED) is 0.718. The summed E-state index contributed by atoms with van der Waals surface area (Å²) < 4.78 is 10.8. The molecule has 0 aliphatic rings. The lowest BCUT2D eigenvalue weighted by Crippen LogP contribution is -2.43. The van der Waals surface area contributed by atoms with Crippen LogP contribution in [0.4, 0.5) is 26.8 Å². The van der Waals surface area contributed by atoms with Gasteiger partial charge in [0.2, 0.25) is 0 Å². The molecular formula is C22H30N4O4. The number of rotatable bonds is 4. The van der Waals surface area contributed by atoms with Gasteiger partial charge in [-0.2, -0.15) is 0 Å². The van der Waals surface area contributed by atoms with E-state index in [0.717, 1.165) is 10.6 Å². The van der Waals surface area contributed by atoms with E-state index in [0.29, 0.717) is 17.1 Å². The van der Waals surface area contributed by atoms with E-state index in [2.05, 4.69) is 10.3 Å². The zero-order valence-electron chi connectivity index (χ0n) is 18.4. The van der Waals surface area contributed by atoms with Gasteiger partial charge in [-0.15, -0.1) is 0 Å². The standard InChI is InChI=1S/C22H30N4O4/c1-21(2,3)29-19(27)26(20(28)30-22(4,5)6)14-15-8-7-9-17(12-15)25-18-11-10-16(23)13-24-18/h7-13H,14,23H2,1-6H3,(H,24,25). The van der Waals surface area contributed by atoms with E-state index in [-0.39, 0.29) is 6.54 Å². The van der Waals surface area contributed by atoms with Gasteiger partial charge in [0.1, 0.15) is 17.0 Å². The van der Waals surface area contributed by atoms with Gasteiger partial charge in [0.25, 0.3) is 0 Å². The summed E-state index contributed by atoms with van der Waals surface area (Å²) in [6.07, 6.45) is 0.0180. The molecule has 0 saturated heterocycles. The topological polar surface area (TPSA) is 107 Å². The summed E-state index contributed by atoms with van der Waals surface area (Å²) >= 11 is 0. The summed E-state index contributed by atoms with van der Waals surface area (Å²) in [5, 5.41) is 3.16. The van der Waals surface area contributed by atoms with Crippen molar-refractivity contribution in [1.82, 2.24) is 9.88 Å². The van der Waals surface area contributed by atoms with Crippen molar-refractivity contribution in [2.24, 2.45) is 0 Å². The molecule has 8 heteroatoms. The molecule has 1 heterocycles. The van der Waals surface area contributed by atoms with Crippen LogP contribution >= 0.6 is 0 Å². The molecule has 0 unspecified atom stereocenters. The first kappa shape index (κ1) is 23.0. The summed E-state index contributed by atoms with van der Waals surface area (Å²) in [5.41, 5.74) is 6.20. The lowest BCUT2D eigenvalue weighted by molar-refractivity contribution is -0.000247. The Bertz CT molecular complexity index is 855. The molecule has 0 fully saturated rings. The van der Waals surface area contributed by atoms with E-state index in [1.807, 2.05) is 24.3 Å². The highest BCUT2D eigenvalue weighted by molar-refractivity contribution is 5.88. The predicted molar refractivity (Wildman–Crippen MR) is 116 cm³/mol. The SMILES string of the molecule is CC(C)(C)OC(=O)N(Cc1cccc(Nc2ccc(N)cn2)c1)C(=O)OC(C)(C)C. The van der Waals surface area contributed by atoms with Crippen molar-refractivity contribution in [3.05, 3.63) is 48.2 Å². The molecule has 3 N–H and O–H groups in total. The van der Waals surface area contributed by atoms with Crippen LogP contribution in [0.15, 0.2) is 42.6 Å². The number of carbonyl (C=O) groups is 2. The third-order valence-electron chi connectivity index (χ3n) is 3.55. The second kappa shape index (κ2) is 9.02. The summed E-state index contributed by atoms with van der Waals surface area (Å²) in [7, 11) is 0. The molecule has 2 rings (SSSR count). The first-order valence-corrected chi connectivity index (χ1v) is 9.63. The third kappa shape index (κ3) is 7.62. The van der Waals surface area contributed by atoms with Gasteiger partial charge in [0.05, 0.1) is 18.4 Å². The summed E-state index contributed by atoms with van der Waals surface area (Å²) in [4.78, 5) is 30.5. The van der Waals surface area contributed by atoms with Crippen molar-refractivity contribution in [1.29, 1.82) is 0 Å². The molecular weight excluding hydrogens is 384 g/mol. The minimum Gasteiger partial charge on any atom is -0.443 e. The smallest absolute Gasteiger partial charge is 0.420 e. The Morgan fingerprint density at radius 1 is 1.00 bits per heavy atom. The van der Waals surface area contributed by atoms with Gasteiger partial charge < -0.3 is 20.5 Å². The number of nitrogens with zero attached hydrogens (tertiary/aromatic N) is 2. The number of hydrogen-bond acceptors (Lipinski definition) is 7. The van der Waals surface area contributed by atoms with E-state index in [4.69, 9.17) is 15.2 Å². The highest BCUT2D eigenvalue weighted by Crippen LogP contribution is 2.20. The lowest BCUT2D eigenvalue weighted by Gasteiger charge is -2.28. The molecule has 0 atom stereocenters. The third-order valence-corrected chi connectivity index (χ3v) is 3.55. The van der Waals surface area contributed by atoms with Crippen LogP contribution < -0.4 is 11.1 Å². The molecule has 8 nitrogen and oxygen atoms in total. The molecule has 0 spiro atoms. The van der Waals surface area contributed by atoms with Crippen LogP contribution in [-0.2, 0) is 16.0 Å². The molecule has 1 aromatic heterocycles. The van der Waals surface area contributed by atoms with Crippen LogP contribution in [0.3, 0.4) is 0 Å². The minimum absolute atomic E-state index is 0.00544. The number of hydrogen-bond donors (Lipinski definition) is 2.